The Morgan fingerprint density at radius 1 is 1.37 bits per heavy atom. The van der Waals surface area contributed by atoms with E-state index in [9.17, 15) is 8.42 Å². The third-order valence-corrected chi connectivity index (χ3v) is 4.79. The minimum absolute atomic E-state index is 0.0851. The molecule has 0 amide bonds. The van der Waals surface area contributed by atoms with Gasteiger partial charge in [-0.2, -0.15) is 9.40 Å². The lowest BCUT2D eigenvalue weighted by atomic mass is 10.2. The molecule has 0 aliphatic rings. The molecule has 6 nitrogen and oxygen atoms in total. The number of aromatic amines is 1. The second-order valence-corrected chi connectivity index (χ2v) is 7.14. The van der Waals surface area contributed by atoms with Crippen LogP contribution in [0.25, 0.3) is 0 Å². The van der Waals surface area contributed by atoms with Gasteiger partial charge in [0.2, 0.25) is 0 Å². The Labute approximate surface area is 115 Å². The molecule has 0 unspecified atom stereocenters. The van der Waals surface area contributed by atoms with Crippen LogP contribution in [0, 0.1) is 5.92 Å². The largest absolute Gasteiger partial charge is 0.316 e. The van der Waals surface area contributed by atoms with Crippen LogP contribution in [0.1, 0.15) is 33.3 Å². The average Bonchev–Trinajstić information content (AvgIpc) is 2.74. The molecule has 1 aromatic heterocycles. The maximum atomic E-state index is 12.7. The van der Waals surface area contributed by atoms with Crippen molar-refractivity contribution in [2.75, 3.05) is 13.6 Å². The first kappa shape index (κ1) is 16.1. The number of aromatic nitrogens is 2. The monoisotopic (exact) mass is 288 g/mol. The number of H-pyrrole nitrogens is 1. The molecule has 0 bridgehead atoms. The molecule has 1 heterocycles. The molecule has 110 valence electrons. The van der Waals surface area contributed by atoms with E-state index in [2.05, 4.69) is 15.5 Å². The van der Waals surface area contributed by atoms with Crippen molar-refractivity contribution >= 4 is 10.0 Å². The fraction of sp³-hybridized carbons (Fsp3) is 0.750. The molecule has 0 fully saturated rings. The maximum absolute atomic E-state index is 12.7. The van der Waals surface area contributed by atoms with Crippen LogP contribution in [0.2, 0.25) is 0 Å². The molecular weight excluding hydrogens is 264 g/mol. The summed E-state index contributed by atoms with van der Waals surface area (Å²) < 4.78 is 26.9. The summed E-state index contributed by atoms with van der Waals surface area (Å²) >= 11 is 0. The van der Waals surface area contributed by atoms with Gasteiger partial charge in [0.1, 0.15) is 0 Å². The number of nitrogens with one attached hydrogen (secondary N) is 2. The van der Waals surface area contributed by atoms with E-state index in [1.54, 1.807) is 13.2 Å². The predicted octanol–water partition coefficient (Wildman–Crippen LogP) is 1.18. The van der Waals surface area contributed by atoms with Crippen LogP contribution in [0.15, 0.2) is 11.2 Å². The highest BCUT2D eigenvalue weighted by Crippen LogP contribution is 2.21. The number of rotatable bonds is 7. The summed E-state index contributed by atoms with van der Waals surface area (Å²) in [6, 6.07) is -0.0851. The van der Waals surface area contributed by atoms with Crippen LogP contribution in [0.5, 0.6) is 0 Å². The lowest BCUT2D eigenvalue weighted by Crippen LogP contribution is -2.40. The van der Waals surface area contributed by atoms with Crippen LogP contribution in [-0.2, 0) is 16.6 Å². The molecule has 7 heteroatoms. The first-order chi connectivity index (χ1) is 8.80. The van der Waals surface area contributed by atoms with Crippen molar-refractivity contribution in [2.24, 2.45) is 5.92 Å². The van der Waals surface area contributed by atoms with Crippen LogP contribution >= 0.6 is 0 Å². The Morgan fingerprint density at radius 3 is 2.47 bits per heavy atom. The van der Waals surface area contributed by atoms with Gasteiger partial charge in [-0.1, -0.05) is 13.8 Å². The molecule has 1 rings (SSSR count). The molecule has 0 aliphatic carbocycles. The van der Waals surface area contributed by atoms with Crippen LogP contribution in [-0.4, -0.2) is 42.6 Å². The molecule has 0 radical (unpaired) electrons. The van der Waals surface area contributed by atoms with E-state index in [0.29, 0.717) is 18.7 Å². The zero-order valence-corrected chi connectivity index (χ0v) is 13.1. The smallest absolute Gasteiger partial charge is 0.260 e. The van der Waals surface area contributed by atoms with Crippen molar-refractivity contribution in [3.8, 4) is 0 Å². The van der Waals surface area contributed by atoms with Crippen molar-refractivity contribution in [1.29, 1.82) is 0 Å². The topological polar surface area (TPSA) is 78.1 Å². The third kappa shape index (κ3) is 3.77. The van der Waals surface area contributed by atoms with E-state index in [0.717, 1.165) is 0 Å². The van der Waals surface area contributed by atoms with E-state index < -0.39 is 10.0 Å². The Balaban J connectivity index is 3.15. The fourth-order valence-electron chi connectivity index (χ4n) is 1.90. The molecule has 19 heavy (non-hydrogen) atoms. The first-order valence-corrected chi connectivity index (χ1v) is 7.93. The summed E-state index contributed by atoms with van der Waals surface area (Å²) in [6.45, 7) is 8.75. The lowest BCUT2D eigenvalue weighted by molar-refractivity contribution is 0.317. The van der Waals surface area contributed by atoms with Gasteiger partial charge in [-0.05, 0) is 26.8 Å². The van der Waals surface area contributed by atoms with Gasteiger partial charge >= 0.3 is 0 Å². The van der Waals surface area contributed by atoms with Gasteiger partial charge in [-0.25, -0.2) is 8.42 Å². The maximum Gasteiger partial charge on any atom is 0.260 e. The van der Waals surface area contributed by atoms with E-state index >= 15 is 0 Å². The molecule has 1 aromatic rings. The summed E-state index contributed by atoms with van der Waals surface area (Å²) in [4.78, 5) is 0. The summed E-state index contributed by atoms with van der Waals surface area (Å²) in [5.74, 6) is 0.271. The van der Waals surface area contributed by atoms with Crippen molar-refractivity contribution < 1.29 is 8.42 Å². The zero-order valence-electron chi connectivity index (χ0n) is 12.3. The average molecular weight is 288 g/mol. The molecule has 0 spiro atoms. The normalized spacial score (nSPS) is 12.8. The molecule has 0 saturated carbocycles. The Morgan fingerprint density at radius 2 is 2.00 bits per heavy atom. The molecule has 2 N–H and O–H groups in total. The quantitative estimate of drug-likeness (QED) is 0.790. The second-order valence-electron chi connectivity index (χ2n) is 5.32. The van der Waals surface area contributed by atoms with Crippen molar-refractivity contribution in [1.82, 2.24) is 19.8 Å². The molecule has 0 aliphatic heterocycles. The van der Waals surface area contributed by atoms with Gasteiger partial charge in [-0.3, -0.25) is 5.10 Å². The number of hydrogen-bond donors (Lipinski definition) is 2. The number of nitrogens with zero attached hydrogens (tertiary/aromatic N) is 2. The van der Waals surface area contributed by atoms with Crippen LogP contribution in [0.4, 0.5) is 0 Å². The SMILES string of the molecule is CNCc1cn[nH]c1S(=O)(=O)N(CC(C)C)C(C)C. The van der Waals surface area contributed by atoms with Gasteiger partial charge in [0.05, 0.1) is 6.20 Å². The van der Waals surface area contributed by atoms with E-state index in [1.807, 2.05) is 27.7 Å². The van der Waals surface area contributed by atoms with Gasteiger partial charge in [-0.15, -0.1) is 0 Å². The van der Waals surface area contributed by atoms with Crippen LogP contribution in [0.3, 0.4) is 0 Å². The van der Waals surface area contributed by atoms with E-state index in [-0.39, 0.29) is 17.0 Å². The van der Waals surface area contributed by atoms with E-state index in [1.165, 1.54) is 4.31 Å². The highest BCUT2D eigenvalue weighted by Gasteiger charge is 2.30. The Bertz CT molecular complexity index is 494. The lowest BCUT2D eigenvalue weighted by Gasteiger charge is -2.27. The third-order valence-electron chi connectivity index (χ3n) is 2.73. The van der Waals surface area contributed by atoms with Gasteiger partial charge in [0, 0.05) is 24.7 Å². The van der Waals surface area contributed by atoms with Gasteiger partial charge in [0.25, 0.3) is 10.0 Å². The highest BCUT2D eigenvalue weighted by atomic mass is 32.2. The zero-order chi connectivity index (χ0) is 14.6. The molecule has 0 aromatic carbocycles. The van der Waals surface area contributed by atoms with E-state index in [4.69, 9.17) is 0 Å². The number of hydrogen-bond acceptors (Lipinski definition) is 4. The van der Waals surface area contributed by atoms with Crippen molar-refractivity contribution in [2.45, 2.75) is 45.3 Å². The summed E-state index contributed by atoms with van der Waals surface area (Å²) in [5, 5.41) is 9.62. The van der Waals surface area contributed by atoms with Gasteiger partial charge in [0.15, 0.2) is 5.03 Å². The highest BCUT2D eigenvalue weighted by molar-refractivity contribution is 7.89. The molecule has 0 saturated heterocycles. The number of sulfonamides is 1. The summed E-state index contributed by atoms with van der Waals surface area (Å²) in [5.41, 5.74) is 0.664. The Hall–Kier alpha value is -0.920. The van der Waals surface area contributed by atoms with Crippen LogP contribution < -0.4 is 5.32 Å². The fourth-order valence-corrected chi connectivity index (χ4v) is 3.81. The van der Waals surface area contributed by atoms with Crippen molar-refractivity contribution in [3.63, 3.8) is 0 Å². The van der Waals surface area contributed by atoms with Crippen molar-refractivity contribution in [3.05, 3.63) is 11.8 Å². The summed E-state index contributed by atoms with van der Waals surface area (Å²) in [7, 11) is -1.75. The minimum Gasteiger partial charge on any atom is -0.316 e. The second kappa shape index (κ2) is 6.49. The minimum atomic E-state index is -3.53. The summed E-state index contributed by atoms with van der Waals surface area (Å²) in [6.07, 6.45) is 1.55. The molecule has 0 atom stereocenters. The van der Waals surface area contributed by atoms with Gasteiger partial charge < -0.3 is 5.32 Å². The Kier molecular flexibility index (Phi) is 5.51. The standard InChI is InChI=1S/C12H24N4O2S/c1-9(2)8-16(10(3)4)19(17,18)12-11(6-13-5)7-14-15-12/h7,9-10,13H,6,8H2,1-5H3,(H,14,15). The first-order valence-electron chi connectivity index (χ1n) is 6.49. The molecular formula is C12H24N4O2S. The predicted molar refractivity (Wildman–Crippen MR) is 75.2 cm³/mol.